The van der Waals surface area contributed by atoms with Gasteiger partial charge in [-0.2, -0.15) is 0 Å². The molecule has 0 radical (unpaired) electrons. The van der Waals surface area contributed by atoms with Gasteiger partial charge in [0.2, 0.25) is 5.91 Å². The molecule has 94 valence electrons. The highest BCUT2D eigenvalue weighted by molar-refractivity contribution is 5.97. The van der Waals surface area contributed by atoms with Crippen molar-refractivity contribution in [2.75, 3.05) is 25.5 Å². The third-order valence-corrected chi connectivity index (χ3v) is 2.15. The summed E-state index contributed by atoms with van der Waals surface area (Å²) in [4.78, 5) is 22.9. The van der Waals surface area contributed by atoms with E-state index in [2.05, 4.69) is 21.9 Å². The van der Waals surface area contributed by atoms with Crippen LogP contribution in [0.25, 0.3) is 0 Å². The Labute approximate surface area is 106 Å². The molecule has 5 heteroatoms. The Balaban J connectivity index is 2.59. The van der Waals surface area contributed by atoms with Crippen molar-refractivity contribution >= 4 is 17.5 Å². The molecule has 1 aromatic carbocycles. The number of terminal acetylenes is 1. The number of nitrogens with one attached hydrogen (secondary N) is 3. The first-order chi connectivity index (χ1) is 8.67. The number of carbonyl (C=O) groups excluding carboxylic acids is 2. The number of anilines is 1. The van der Waals surface area contributed by atoms with E-state index in [0.29, 0.717) is 17.8 Å². The number of hydrogen-bond donors (Lipinski definition) is 3. The smallest absolute Gasteiger partial charge is 0.251 e. The summed E-state index contributed by atoms with van der Waals surface area (Å²) < 4.78 is 0. The van der Waals surface area contributed by atoms with E-state index in [4.69, 9.17) is 6.42 Å². The zero-order chi connectivity index (χ0) is 13.4. The van der Waals surface area contributed by atoms with Crippen LogP contribution < -0.4 is 16.0 Å². The van der Waals surface area contributed by atoms with E-state index >= 15 is 0 Å². The van der Waals surface area contributed by atoms with Crippen LogP contribution in [0.1, 0.15) is 10.4 Å². The molecule has 0 heterocycles. The summed E-state index contributed by atoms with van der Waals surface area (Å²) in [5.74, 6) is 1.97. The van der Waals surface area contributed by atoms with Crippen molar-refractivity contribution < 1.29 is 9.59 Å². The minimum absolute atomic E-state index is 0.133. The number of rotatable bonds is 5. The Morgan fingerprint density at radius 2 is 2.17 bits per heavy atom. The first-order valence-corrected chi connectivity index (χ1v) is 5.43. The molecule has 0 unspecified atom stereocenters. The predicted molar refractivity (Wildman–Crippen MR) is 70.2 cm³/mol. The molecule has 0 aromatic heterocycles. The summed E-state index contributed by atoms with van der Waals surface area (Å²) in [7, 11) is 1.55. The van der Waals surface area contributed by atoms with Crippen molar-refractivity contribution in [2.24, 2.45) is 0 Å². The third-order valence-electron chi connectivity index (χ3n) is 2.15. The van der Waals surface area contributed by atoms with Gasteiger partial charge in [-0.05, 0) is 18.2 Å². The summed E-state index contributed by atoms with van der Waals surface area (Å²) in [6.07, 6.45) is 5.05. The maximum absolute atomic E-state index is 11.5. The maximum Gasteiger partial charge on any atom is 0.251 e. The zero-order valence-electron chi connectivity index (χ0n) is 10.1. The minimum Gasteiger partial charge on any atom is -0.355 e. The SMILES string of the molecule is C#CCNCC(=O)Nc1cccc(C(=O)NC)c1. The van der Waals surface area contributed by atoms with Gasteiger partial charge >= 0.3 is 0 Å². The van der Waals surface area contributed by atoms with Crippen molar-refractivity contribution in [3.8, 4) is 12.3 Å². The Kier molecular flexibility index (Phi) is 5.42. The van der Waals surface area contributed by atoms with E-state index in [0.717, 1.165) is 0 Å². The van der Waals surface area contributed by atoms with E-state index < -0.39 is 0 Å². The minimum atomic E-state index is -0.209. The van der Waals surface area contributed by atoms with Crippen molar-refractivity contribution in [2.45, 2.75) is 0 Å². The van der Waals surface area contributed by atoms with Crippen molar-refractivity contribution in [1.29, 1.82) is 0 Å². The molecule has 2 amide bonds. The van der Waals surface area contributed by atoms with Gasteiger partial charge in [-0.25, -0.2) is 0 Å². The molecule has 0 saturated carbocycles. The summed E-state index contributed by atoms with van der Waals surface area (Å²) in [6.45, 7) is 0.472. The van der Waals surface area contributed by atoms with Crippen LogP contribution in [0.4, 0.5) is 5.69 Å². The van der Waals surface area contributed by atoms with Crippen LogP contribution in [0, 0.1) is 12.3 Å². The van der Waals surface area contributed by atoms with Gasteiger partial charge in [0.25, 0.3) is 5.91 Å². The fourth-order valence-electron chi connectivity index (χ4n) is 1.34. The quantitative estimate of drug-likeness (QED) is 0.513. The van der Waals surface area contributed by atoms with Gasteiger partial charge in [-0.1, -0.05) is 12.0 Å². The van der Waals surface area contributed by atoms with Gasteiger partial charge < -0.3 is 10.6 Å². The average molecular weight is 245 g/mol. The average Bonchev–Trinajstić information content (AvgIpc) is 2.38. The number of benzene rings is 1. The standard InChI is InChI=1S/C13H15N3O2/c1-3-7-15-9-12(17)16-11-6-4-5-10(8-11)13(18)14-2/h1,4-6,8,15H,7,9H2,2H3,(H,14,18)(H,16,17). The van der Waals surface area contributed by atoms with Gasteiger partial charge in [-0.15, -0.1) is 6.42 Å². The molecule has 18 heavy (non-hydrogen) atoms. The van der Waals surface area contributed by atoms with E-state index in [1.165, 1.54) is 0 Å². The molecule has 0 aliphatic heterocycles. The number of amides is 2. The molecule has 1 rings (SSSR count). The van der Waals surface area contributed by atoms with Gasteiger partial charge in [-0.3, -0.25) is 14.9 Å². The van der Waals surface area contributed by atoms with Gasteiger partial charge in [0.1, 0.15) is 0 Å². The Bertz CT molecular complexity index is 477. The highest BCUT2D eigenvalue weighted by Crippen LogP contribution is 2.10. The first-order valence-electron chi connectivity index (χ1n) is 5.43. The highest BCUT2D eigenvalue weighted by atomic mass is 16.2. The maximum atomic E-state index is 11.5. The molecular weight excluding hydrogens is 230 g/mol. The zero-order valence-corrected chi connectivity index (χ0v) is 10.1. The van der Waals surface area contributed by atoms with E-state index in [9.17, 15) is 9.59 Å². The van der Waals surface area contributed by atoms with E-state index in [1.807, 2.05) is 0 Å². The molecular formula is C13H15N3O2. The molecule has 3 N–H and O–H groups in total. The van der Waals surface area contributed by atoms with Gasteiger partial charge in [0, 0.05) is 18.3 Å². The Morgan fingerprint density at radius 3 is 2.83 bits per heavy atom. The molecule has 0 bridgehead atoms. The second-order valence-electron chi connectivity index (χ2n) is 3.52. The topological polar surface area (TPSA) is 70.2 Å². The van der Waals surface area contributed by atoms with E-state index in [-0.39, 0.29) is 18.4 Å². The fourth-order valence-corrected chi connectivity index (χ4v) is 1.34. The van der Waals surface area contributed by atoms with Crippen LogP contribution in [-0.4, -0.2) is 32.0 Å². The number of hydrogen-bond acceptors (Lipinski definition) is 3. The van der Waals surface area contributed by atoms with Gasteiger partial charge in [0.05, 0.1) is 13.1 Å². The fraction of sp³-hybridized carbons (Fsp3) is 0.231. The van der Waals surface area contributed by atoms with E-state index in [1.54, 1.807) is 31.3 Å². The Hall–Kier alpha value is -2.32. The van der Waals surface area contributed by atoms with Crippen LogP contribution in [0.3, 0.4) is 0 Å². The lowest BCUT2D eigenvalue weighted by molar-refractivity contribution is -0.115. The molecule has 1 aromatic rings. The monoisotopic (exact) mass is 245 g/mol. The molecule has 0 aliphatic rings. The third kappa shape index (κ3) is 4.28. The number of carbonyl (C=O) groups is 2. The molecule has 0 aliphatic carbocycles. The molecule has 0 fully saturated rings. The van der Waals surface area contributed by atoms with Crippen molar-refractivity contribution in [1.82, 2.24) is 10.6 Å². The Morgan fingerprint density at radius 1 is 1.39 bits per heavy atom. The lowest BCUT2D eigenvalue weighted by Gasteiger charge is -2.07. The molecule has 0 saturated heterocycles. The van der Waals surface area contributed by atoms with Crippen LogP contribution in [-0.2, 0) is 4.79 Å². The van der Waals surface area contributed by atoms with Crippen molar-refractivity contribution in [3.63, 3.8) is 0 Å². The summed E-state index contributed by atoms with van der Waals surface area (Å²) in [5, 5.41) is 7.96. The normalized spacial score (nSPS) is 9.33. The molecule has 0 spiro atoms. The predicted octanol–water partition coefficient (Wildman–Crippen LogP) is 0.207. The summed E-state index contributed by atoms with van der Waals surface area (Å²) >= 11 is 0. The van der Waals surface area contributed by atoms with Crippen LogP contribution >= 0.6 is 0 Å². The second-order valence-corrected chi connectivity index (χ2v) is 3.52. The van der Waals surface area contributed by atoms with Crippen molar-refractivity contribution in [3.05, 3.63) is 29.8 Å². The largest absolute Gasteiger partial charge is 0.355 e. The van der Waals surface area contributed by atoms with Gasteiger partial charge in [0.15, 0.2) is 0 Å². The molecule has 5 nitrogen and oxygen atoms in total. The summed E-state index contributed by atoms with van der Waals surface area (Å²) in [5.41, 5.74) is 1.07. The molecule has 0 atom stereocenters. The lowest BCUT2D eigenvalue weighted by Crippen LogP contribution is -2.28. The van der Waals surface area contributed by atoms with Crippen LogP contribution in [0.2, 0.25) is 0 Å². The highest BCUT2D eigenvalue weighted by Gasteiger charge is 2.05. The van der Waals surface area contributed by atoms with Crippen LogP contribution in [0.5, 0.6) is 0 Å². The first kappa shape index (κ1) is 13.7. The lowest BCUT2D eigenvalue weighted by atomic mass is 10.2. The second kappa shape index (κ2) is 7.09. The van der Waals surface area contributed by atoms with Crippen LogP contribution in [0.15, 0.2) is 24.3 Å². The summed E-state index contributed by atoms with van der Waals surface area (Å²) in [6, 6.07) is 6.70.